The fourth-order valence-corrected chi connectivity index (χ4v) is 2.05. The fraction of sp³-hybridized carbons (Fsp3) is 0.333. The molecule has 4 N–H and O–H groups in total. The highest BCUT2D eigenvalue weighted by atomic mass is 79.9. The third-order valence-electron chi connectivity index (χ3n) is 2.62. The van der Waals surface area contributed by atoms with Crippen LogP contribution in [0, 0.1) is 6.92 Å². The average Bonchev–Trinajstić information content (AvgIpc) is 2.34. The molecule has 0 bridgehead atoms. The molecule has 1 atom stereocenters. The fourth-order valence-electron chi connectivity index (χ4n) is 1.57. The van der Waals surface area contributed by atoms with Crippen LogP contribution >= 0.6 is 15.9 Å². The SMILES string of the molecule is CCC(NC(=O)c1ccc(Br)cc1C)/C(N)=N/O. The summed E-state index contributed by atoms with van der Waals surface area (Å²) in [6.07, 6.45) is 0.553. The summed E-state index contributed by atoms with van der Waals surface area (Å²) < 4.78 is 0.917. The first-order chi connectivity index (χ1) is 8.49. The van der Waals surface area contributed by atoms with Gasteiger partial charge in [-0.05, 0) is 37.1 Å². The number of amidine groups is 1. The Morgan fingerprint density at radius 3 is 2.78 bits per heavy atom. The molecule has 0 aliphatic heterocycles. The maximum atomic E-state index is 12.0. The van der Waals surface area contributed by atoms with Gasteiger partial charge in [0.2, 0.25) is 0 Å². The first-order valence-corrected chi connectivity index (χ1v) is 6.33. The molecule has 5 nitrogen and oxygen atoms in total. The van der Waals surface area contributed by atoms with E-state index in [1.165, 1.54) is 0 Å². The van der Waals surface area contributed by atoms with Crippen LogP contribution in [0.25, 0.3) is 0 Å². The van der Waals surface area contributed by atoms with Crippen molar-refractivity contribution >= 4 is 27.7 Å². The van der Waals surface area contributed by atoms with Gasteiger partial charge in [-0.25, -0.2) is 0 Å². The topological polar surface area (TPSA) is 87.7 Å². The van der Waals surface area contributed by atoms with Crippen molar-refractivity contribution in [2.45, 2.75) is 26.3 Å². The minimum atomic E-state index is -0.467. The van der Waals surface area contributed by atoms with Gasteiger partial charge in [0.15, 0.2) is 5.84 Å². The molecule has 1 aromatic rings. The van der Waals surface area contributed by atoms with Gasteiger partial charge in [-0.1, -0.05) is 28.0 Å². The number of halogens is 1. The molecule has 1 unspecified atom stereocenters. The van der Waals surface area contributed by atoms with Crippen molar-refractivity contribution in [2.75, 3.05) is 0 Å². The maximum absolute atomic E-state index is 12.0. The molecule has 1 amide bonds. The standard InChI is InChI=1S/C12H16BrN3O2/c1-3-10(11(14)16-18)15-12(17)9-5-4-8(13)6-7(9)2/h4-6,10,18H,3H2,1-2H3,(H2,14,16)(H,15,17). The Hall–Kier alpha value is -1.56. The van der Waals surface area contributed by atoms with Crippen molar-refractivity contribution < 1.29 is 10.0 Å². The maximum Gasteiger partial charge on any atom is 0.252 e. The third kappa shape index (κ3) is 3.46. The molecule has 0 heterocycles. The molecule has 1 aromatic carbocycles. The molecule has 0 aliphatic carbocycles. The molecular formula is C12H16BrN3O2. The highest BCUT2D eigenvalue weighted by Crippen LogP contribution is 2.16. The largest absolute Gasteiger partial charge is 0.409 e. The lowest BCUT2D eigenvalue weighted by Crippen LogP contribution is -2.44. The van der Waals surface area contributed by atoms with Gasteiger partial charge in [-0.3, -0.25) is 4.79 Å². The molecule has 0 saturated heterocycles. The van der Waals surface area contributed by atoms with Crippen molar-refractivity contribution in [3.63, 3.8) is 0 Å². The van der Waals surface area contributed by atoms with E-state index in [2.05, 4.69) is 26.4 Å². The van der Waals surface area contributed by atoms with Crippen molar-refractivity contribution in [3.05, 3.63) is 33.8 Å². The molecule has 0 aliphatic rings. The number of carbonyl (C=O) groups excluding carboxylic acids is 1. The van der Waals surface area contributed by atoms with E-state index in [1.807, 2.05) is 19.9 Å². The summed E-state index contributed by atoms with van der Waals surface area (Å²) in [5, 5.41) is 14.3. The molecule has 0 saturated carbocycles. The number of nitrogens with two attached hydrogens (primary N) is 1. The lowest BCUT2D eigenvalue weighted by atomic mass is 10.1. The summed E-state index contributed by atoms with van der Waals surface area (Å²) in [5.74, 6) is -0.237. The van der Waals surface area contributed by atoms with Crippen LogP contribution in [-0.2, 0) is 0 Å². The number of benzene rings is 1. The molecule has 0 radical (unpaired) electrons. The van der Waals surface area contributed by atoms with Gasteiger partial charge in [0.1, 0.15) is 0 Å². The third-order valence-corrected chi connectivity index (χ3v) is 3.11. The Labute approximate surface area is 114 Å². The van der Waals surface area contributed by atoms with Crippen molar-refractivity contribution in [1.82, 2.24) is 5.32 Å². The second-order valence-electron chi connectivity index (χ2n) is 3.92. The van der Waals surface area contributed by atoms with Crippen LogP contribution in [0.4, 0.5) is 0 Å². The number of hydrogen-bond donors (Lipinski definition) is 3. The normalized spacial score (nSPS) is 13.2. The lowest BCUT2D eigenvalue weighted by Gasteiger charge is -2.16. The number of oxime groups is 1. The summed E-state index contributed by atoms with van der Waals surface area (Å²) in [6.45, 7) is 3.70. The first-order valence-electron chi connectivity index (χ1n) is 5.54. The van der Waals surface area contributed by atoms with Crippen LogP contribution in [0.15, 0.2) is 27.8 Å². The number of hydrogen-bond acceptors (Lipinski definition) is 3. The Bertz CT molecular complexity index is 474. The summed E-state index contributed by atoms with van der Waals surface area (Å²) >= 11 is 3.34. The smallest absolute Gasteiger partial charge is 0.252 e. The van der Waals surface area contributed by atoms with Crippen LogP contribution in [-0.4, -0.2) is 23.0 Å². The number of aryl methyl sites for hydroxylation is 1. The average molecular weight is 314 g/mol. The van der Waals surface area contributed by atoms with Crippen molar-refractivity contribution in [1.29, 1.82) is 0 Å². The predicted molar refractivity (Wildman–Crippen MR) is 73.8 cm³/mol. The van der Waals surface area contributed by atoms with Crippen molar-refractivity contribution in [3.8, 4) is 0 Å². The molecule has 6 heteroatoms. The Kier molecular flexibility index (Phi) is 5.15. The molecule has 98 valence electrons. The Morgan fingerprint density at radius 2 is 2.28 bits per heavy atom. The van der Waals surface area contributed by atoms with Crippen LogP contribution < -0.4 is 11.1 Å². The first kappa shape index (κ1) is 14.5. The highest BCUT2D eigenvalue weighted by Gasteiger charge is 2.17. The number of amides is 1. The van der Waals surface area contributed by atoms with E-state index in [0.717, 1.165) is 10.0 Å². The second kappa shape index (κ2) is 6.39. The molecular weight excluding hydrogens is 298 g/mol. The lowest BCUT2D eigenvalue weighted by molar-refractivity contribution is 0.0945. The zero-order valence-electron chi connectivity index (χ0n) is 10.3. The monoisotopic (exact) mass is 313 g/mol. The zero-order valence-corrected chi connectivity index (χ0v) is 11.9. The van der Waals surface area contributed by atoms with Gasteiger partial charge in [0, 0.05) is 10.0 Å². The summed E-state index contributed by atoms with van der Waals surface area (Å²) in [5.41, 5.74) is 6.92. The predicted octanol–water partition coefficient (Wildman–Crippen LogP) is 2.01. The van der Waals surface area contributed by atoms with Gasteiger partial charge < -0.3 is 16.3 Å². The second-order valence-corrected chi connectivity index (χ2v) is 4.83. The zero-order chi connectivity index (χ0) is 13.7. The molecule has 0 spiro atoms. The van der Waals surface area contributed by atoms with E-state index < -0.39 is 6.04 Å². The Balaban J connectivity index is 2.88. The summed E-state index contributed by atoms with van der Waals surface area (Å²) in [6, 6.07) is 4.92. The van der Waals surface area contributed by atoms with Gasteiger partial charge in [-0.2, -0.15) is 0 Å². The van der Waals surface area contributed by atoms with E-state index in [1.54, 1.807) is 12.1 Å². The van der Waals surface area contributed by atoms with Crippen LogP contribution in [0.2, 0.25) is 0 Å². The number of rotatable bonds is 4. The van der Waals surface area contributed by atoms with Gasteiger partial charge in [-0.15, -0.1) is 0 Å². The van der Waals surface area contributed by atoms with Gasteiger partial charge in [0.25, 0.3) is 5.91 Å². The quantitative estimate of drug-likeness (QED) is 0.344. The summed E-state index contributed by atoms with van der Waals surface area (Å²) in [7, 11) is 0. The van der Waals surface area contributed by atoms with E-state index in [-0.39, 0.29) is 11.7 Å². The van der Waals surface area contributed by atoms with E-state index >= 15 is 0 Å². The molecule has 0 fully saturated rings. The minimum Gasteiger partial charge on any atom is -0.409 e. The van der Waals surface area contributed by atoms with Gasteiger partial charge in [0.05, 0.1) is 6.04 Å². The van der Waals surface area contributed by atoms with Crippen LogP contribution in [0.1, 0.15) is 29.3 Å². The number of carbonyl (C=O) groups is 1. The van der Waals surface area contributed by atoms with Crippen LogP contribution in [0.3, 0.4) is 0 Å². The number of nitrogens with zero attached hydrogens (tertiary/aromatic N) is 1. The highest BCUT2D eigenvalue weighted by molar-refractivity contribution is 9.10. The van der Waals surface area contributed by atoms with E-state index in [4.69, 9.17) is 10.9 Å². The summed E-state index contributed by atoms with van der Waals surface area (Å²) in [4.78, 5) is 12.0. The minimum absolute atomic E-state index is 0.000569. The number of nitrogens with one attached hydrogen (secondary N) is 1. The van der Waals surface area contributed by atoms with Gasteiger partial charge >= 0.3 is 0 Å². The molecule has 0 aromatic heterocycles. The molecule has 1 rings (SSSR count). The van der Waals surface area contributed by atoms with Crippen molar-refractivity contribution in [2.24, 2.45) is 10.9 Å². The van der Waals surface area contributed by atoms with E-state index in [0.29, 0.717) is 12.0 Å². The molecule has 18 heavy (non-hydrogen) atoms. The Morgan fingerprint density at radius 1 is 1.61 bits per heavy atom. The van der Waals surface area contributed by atoms with E-state index in [9.17, 15) is 4.79 Å². The van der Waals surface area contributed by atoms with Crippen LogP contribution in [0.5, 0.6) is 0 Å².